The number of hydrogen-bond donors (Lipinski definition) is 3. The minimum absolute atomic E-state index is 0. The number of carbonyl (C=O) groups is 1. The number of halogens is 1. The van der Waals surface area contributed by atoms with Gasteiger partial charge in [0.25, 0.3) is 0 Å². The number of ether oxygens (including phenoxy) is 2. The molecule has 3 aliphatic heterocycles. The van der Waals surface area contributed by atoms with Crippen molar-refractivity contribution < 1.29 is 41.4 Å². The third-order valence-electron chi connectivity index (χ3n) is 6.36. The summed E-state index contributed by atoms with van der Waals surface area (Å²) in [7, 11) is -0.174. The van der Waals surface area contributed by atoms with Crippen molar-refractivity contribution in [2.45, 2.75) is 48.8 Å². The van der Waals surface area contributed by atoms with Crippen LogP contribution in [0.15, 0.2) is 35.0 Å². The van der Waals surface area contributed by atoms with E-state index >= 15 is 0 Å². The molecule has 0 radical (unpaired) electrons. The van der Waals surface area contributed by atoms with Gasteiger partial charge in [0.05, 0.1) is 23.8 Å². The molecule has 3 saturated heterocycles. The number of esters is 1. The fourth-order valence-corrected chi connectivity index (χ4v) is 6.54. The van der Waals surface area contributed by atoms with Crippen LogP contribution >= 0.6 is 39.7 Å². The maximum atomic E-state index is 13.1. The molecule has 2 bridgehead atoms. The average Bonchev–Trinajstić information content (AvgIpc) is 3.01. The number of quaternary nitrogens is 1. The fraction of sp³-hybridized carbons (Fsp3) is 0.526. The molecule has 3 aliphatic rings. The fourth-order valence-electron chi connectivity index (χ4n) is 4.83. The lowest BCUT2D eigenvalue weighted by Gasteiger charge is -2.45. The summed E-state index contributed by atoms with van der Waals surface area (Å²) in [6.45, 7) is 0. The molecule has 3 N–H and O–H groups in total. The molecule has 32 heavy (non-hydrogen) atoms. The number of aliphatic hydroxyl groups is 1. The summed E-state index contributed by atoms with van der Waals surface area (Å²) < 4.78 is 44.2. The molecule has 2 aromatic rings. The van der Waals surface area contributed by atoms with Crippen molar-refractivity contribution in [2.75, 3.05) is 14.1 Å². The maximum absolute atomic E-state index is 13.1. The first-order chi connectivity index (χ1) is 14.4. The molecule has 9 nitrogen and oxygen atoms in total. The Morgan fingerprint density at radius 2 is 1.53 bits per heavy atom. The Morgan fingerprint density at radius 1 is 1.09 bits per heavy atom. The van der Waals surface area contributed by atoms with E-state index in [0.29, 0.717) is 34.0 Å². The van der Waals surface area contributed by atoms with E-state index in [1.807, 2.05) is 22.9 Å². The largest absolute Gasteiger partial charge is 0.459 e. The molecule has 1 unspecified atom stereocenters. The van der Waals surface area contributed by atoms with Gasteiger partial charge < -0.3 is 19.1 Å². The number of likely N-dealkylation sites (N-methyl/N-ethyl adjacent to an activating group) is 1. The second kappa shape index (κ2) is 9.04. The molecule has 0 spiro atoms. The van der Waals surface area contributed by atoms with E-state index in [4.69, 9.17) is 27.0 Å². The Balaban J connectivity index is 0.000000438. The molecule has 3 fully saturated rings. The predicted octanol–water partition coefficient (Wildman–Crippen LogP) is 2.27. The van der Waals surface area contributed by atoms with E-state index in [0.717, 1.165) is 17.3 Å². The predicted molar refractivity (Wildman–Crippen MR) is 124 cm³/mol. The zero-order chi connectivity index (χ0) is 22.6. The monoisotopic (exact) mass is 570 g/mol. The van der Waals surface area contributed by atoms with Crippen molar-refractivity contribution in [2.24, 2.45) is 0 Å². The van der Waals surface area contributed by atoms with Crippen molar-refractivity contribution in [3.63, 3.8) is 0 Å². The van der Waals surface area contributed by atoms with Gasteiger partial charge in [-0.05, 0) is 22.9 Å². The Kier molecular flexibility index (Phi) is 7.27. The molecule has 0 saturated carbocycles. The zero-order valence-corrected chi connectivity index (χ0v) is 21.4. The number of thiophene rings is 2. The van der Waals surface area contributed by atoms with Gasteiger partial charge in [-0.25, -0.2) is 4.79 Å². The molecule has 0 aliphatic carbocycles. The lowest BCUT2D eigenvalue weighted by molar-refractivity contribution is -0.938. The van der Waals surface area contributed by atoms with E-state index in [1.165, 1.54) is 22.7 Å². The number of nitrogens with zero attached hydrogens (tertiary/aromatic N) is 1. The van der Waals surface area contributed by atoms with E-state index in [9.17, 15) is 9.90 Å². The van der Waals surface area contributed by atoms with Crippen LogP contribution in [0.1, 0.15) is 22.6 Å². The standard InChI is InChI=1S/C19H22NO4S2.BrH.H2O4S/c1-20(2)12-9-11(10-13(20)17-16(12)24-17)23-18(21)19(22,14-5-3-7-25-14)15-6-4-8-26-15;;1-5(2,3)4/h3-8,11-13,16-17,22H,9-10H2,1-2H3;1H;(H2,1,2,3,4)/q+1;;/t11?,12-,13+,16-,17+;;. The lowest BCUT2D eigenvalue weighted by Crippen LogP contribution is -2.60. The normalized spacial score (nSPS) is 29.7. The number of carbonyl (C=O) groups excluding carboxylic acids is 1. The molecule has 13 heteroatoms. The molecular weight excluding hydrogens is 546 g/mol. The van der Waals surface area contributed by atoms with Crippen LogP contribution < -0.4 is 0 Å². The minimum atomic E-state index is -4.67. The highest BCUT2D eigenvalue weighted by atomic mass is 79.9. The summed E-state index contributed by atoms with van der Waals surface area (Å²) in [6.07, 6.45) is 2.05. The number of hydrogen-bond acceptors (Lipinski definition) is 8. The van der Waals surface area contributed by atoms with Crippen LogP contribution in [0.5, 0.6) is 0 Å². The van der Waals surface area contributed by atoms with Crippen molar-refractivity contribution in [3.8, 4) is 0 Å². The number of epoxide rings is 1. The molecule has 2 aromatic heterocycles. The highest BCUT2D eigenvalue weighted by Crippen LogP contribution is 2.52. The van der Waals surface area contributed by atoms with Gasteiger partial charge in [-0.1, -0.05) is 12.1 Å². The molecule has 5 heterocycles. The molecule has 0 amide bonds. The van der Waals surface area contributed by atoms with Crippen LogP contribution in [-0.2, 0) is 30.3 Å². The maximum Gasteiger partial charge on any atom is 0.394 e. The van der Waals surface area contributed by atoms with Gasteiger partial charge in [0.2, 0.25) is 5.60 Å². The van der Waals surface area contributed by atoms with E-state index < -0.39 is 22.0 Å². The Labute approximate surface area is 204 Å². The Bertz CT molecular complexity index is 979. The van der Waals surface area contributed by atoms with Crippen molar-refractivity contribution >= 4 is 56.0 Å². The molecule has 178 valence electrons. The molecule has 5 rings (SSSR count). The summed E-state index contributed by atoms with van der Waals surface area (Å²) in [5.74, 6) is -0.561. The van der Waals surface area contributed by atoms with Gasteiger partial charge in [0.15, 0.2) is 0 Å². The van der Waals surface area contributed by atoms with Crippen LogP contribution in [0.4, 0.5) is 0 Å². The number of rotatable bonds is 4. The van der Waals surface area contributed by atoms with Crippen LogP contribution in [0.25, 0.3) is 0 Å². The third-order valence-corrected chi connectivity index (χ3v) is 8.32. The van der Waals surface area contributed by atoms with Crippen LogP contribution in [0.3, 0.4) is 0 Å². The first-order valence-electron chi connectivity index (χ1n) is 9.62. The smallest absolute Gasteiger partial charge is 0.394 e. The first kappa shape index (κ1) is 25.7. The Hall–Kier alpha value is -0.900. The average molecular weight is 572 g/mol. The number of fused-ring (bicyclic) bond motifs is 5. The highest BCUT2D eigenvalue weighted by Gasteiger charge is 2.71. The van der Waals surface area contributed by atoms with Gasteiger partial charge in [0.1, 0.15) is 30.4 Å². The summed E-state index contributed by atoms with van der Waals surface area (Å²) in [5, 5.41) is 15.1. The quantitative estimate of drug-likeness (QED) is 0.220. The van der Waals surface area contributed by atoms with Crippen molar-refractivity contribution in [3.05, 3.63) is 44.8 Å². The number of morpholine rings is 1. The summed E-state index contributed by atoms with van der Waals surface area (Å²) >= 11 is 2.74. The van der Waals surface area contributed by atoms with Gasteiger partial charge in [-0.15, -0.1) is 39.7 Å². The highest BCUT2D eigenvalue weighted by molar-refractivity contribution is 8.93. The molecule has 5 atom stereocenters. The summed E-state index contributed by atoms with van der Waals surface area (Å²) in [4.78, 5) is 14.3. The lowest BCUT2D eigenvalue weighted by atomic mass is 9.95. The first-order valence-corrected chi connectivity index (χ1v) is 12.8. The minimum Gasteiger partial charge on any atom is -0.459 e. The summed E-state index contributed by atoms with van der Waals surface area (Å²) in [6, 6.07) is 8.01. The molecule has 0 aromatic carbocycles. The van der Waals surface area contributed by atoms with E-state index in [2.05, 4.69) is 14.1 Å². The second-order valence-corrected chi connectivity index (χ2v) is 11.2. The SMILES string of the molecule is Br.C[N+]1(C)[C@@H]2CC(OC(=O)C(O)(c3cccs3)c3cccs3)C[C@H]1[C@@H]1O[C@@H]12.O=S(=O)(O)O. The van der Waals surface area contributed by atoms with E-state index in [1.54, 1.807) is 12.1 Å². The summed E-state index contributed by atoms with van der Waals surface area (Å²) in [5.41, 5.74) is -1.72. The molecular formula is C19H25BrNO8S3+. The van der Waals surface area contributed by atoms with Crippen LogP contribution in [0, 0.1) is 0 Å². The van der Waals surface area contributed by atoms with Gasteiger partial charge in [-0.2, -0.15) is 8.42 Å². The topological polar surface area (TPSA) is 134 Å². The van der Waals surface area contributed by atoms with Crippen molar-refractivity contribution in [1.29, 1.82) is 0 Å². The van der Waals surface area contributed by atoms with Gasteiger partial charge in [0, 0.05) is 12.8 Å². The third kappa shape index (κ3) is 4.81. The van der Waals surface area contributed by atoms with Crippen molar-refractivity contribution in [1.82, 2.24) is 0 Å². The van der Waals surface area contributed by atoms with Crippen LogP contribution in [0.2, 0.25) is 0 Å². The number of piperidine rings is 1. The second-order valence-electron chi connectivity index (χ2n) is 8.44. The van der Waals surface area contributed by atoms with E-state index in [-0.39, 0.29) is 23.1 Å². The van der Waals surface area contributed by atoms with Gasteiger partial charge in [-0.3, -0.25) is 9.11 Å². The van der Waals surface area contributed by atoms with Gasteiger partial charge >= 0.3 is 16.4 Å². The van der Waals surface area contributed by atoms with Crippen LogP contribution in [-0.4, -0.2) is 77.6 Å². The zero-order valence-electron chi connectivity index (χ0n) is 17.2. The Morgan fingerprint density at radius 3 is 1.91 bits per heavy atom.